The van der Waals surface area contributed by atoms with Crippen LogP contribution in [0.5, 0.6) is 0 Å². The molecule has 0 saturated heterocycles. The van der Waals surface area contributed by atoms with Crippen LogP contribution in [0.15, 0.2) is 0 Å². The first-order valence-corrected chi connectivity index (χ1v) is 3.75. The number of carbonyl (C=O) groups is 2. The molecule has 0 rings (SSSR count). The van der Waals surface area contributed by atoms with Crippen LogP contribution in [0.1, 0.15) is 20.8 Å². The highest BCUT2D eigenvalue weighted by molar-refractivity contribution is 5.76. The summed E-state index contributed by atoms with van der Waals surface area (Å²) in [6, 6.07) is 0. The van der Waals surface area contributed by atoms with Crippen molar-refractivity contribution in [3.8, 4) is 0 Å². The molecule has 3 heteroatoms. The number of esters is 1. The van der Waals surface area contributed by atoms with Crippen molar-refractivity contribution in [3.63, 3.8) is 0 Å². The van der Waals surface area contributed by atoms with Gasteiger partial charge in [-0.25, -0.2) is 0 Å². The van der Waals surface area contributed by atoms with E-state index in [1.807, 2.05) is 0 Å². The summed E-state index contributed by atoms with van der Waals surface area (Å²) in [5.74, 6) is -0.881. The summed E-state index contributed by atoms with van der Waals surface area (Å²) < 4.78 is 4.73. The predicted octanol–water partition coefficient (Wildman–Crippen LogP) is 1.02. The number of rotatable bonds is 4. The molecule has 0 aromatic rings. The molecule has 0 heterocycles. The van der Waals surface area contributed by atoms with E-state index in [1.165, 1.54) is 0 Å². The van der Waals surface area contributed by atoms with Gasteiger partial charge in [-0.15, -0.1) is 0 Å². The average Bonchev–Trinajstić information content (AvgIpc) is 2.02. The van der Waals surface area contributed by atoms with Gasteiger partial charge >= 0.3 is 5.97 Å². The molecule has 0 spiro atoms. The summed E-state index contributed by atoms with van der Waals surface area (Å²) in [6.45, 7) is 5.51. The van der Waals surface area contributed by atoms with Crippen LogP contribution in [-0.2, 0) is 14.3 Å². The average molecular weight is 158 g/mol. The maximum atomic E-state index is 11.0. The summed E-state index contributed by atoms with van der Waals surface area (Å²) in [5, 5.41) is 0. The van der Waals surface area contributed by atoms with Gasteiger partial charge in [-0.2, -0.15) is 0 Å². The maximum absolute atomic E-state index is 11.0. The van der Waals surface area contributed by atoms with Crippen molar-refractivity contribution in [2.24, 2.45) is 11.8 Å². The van der Waals surface area contributed by atoms with Crippen molar-refractivity contribution < 1.29 is 14.3 Å². The van der Waals surface area contributed by atoms with Crippen LogP contribution in [0.25, 0.3) is 0 Å². The molecule has 0 fully saturated rings. The standard InChI is InChI=1S/C8H14O3/c1-4-11-8(10)7(3)6(2)5-9/h5-7H,4H2,1-3H3/t6-,7-/m1/s1. The Morgan fingerprint density at radius 3 is 2.45 bits per heavy atom. The van der Waals surface area contributed by atoms with Gasteiger partial charge in [0.2, 0.25) is 0 Å². The second kappa shape index (κ2) is 4.88. The largest absolute Gasteiger partial charge is 0.466 e. The van der Waals surface area contributed by atoms with Gasteiger partial charge in [0.25, 0.3) is 0 Å². The minimum atomic E-state index is -0.326. The Morgan fingerprint density at radius 1 is 1.55 bits per heavy atom. The molecular weight excluding hydrogens is 144 g/mol. The molecular formula is C8H14O3. The van der Waals surface area contributed by atoms with Crippen molar-refractivity contribution >= 4 is 12.3 Å². The summed E-state index contributed by atoms with van der Waals surface area (Å²) in [4.78, 5) is 21.2. The van der Waals surface area contributed by atoms with Crippen LogP contribution in [-0.4, -0.2) is 18.9 Å². The Kier molecular flexibility index (Phi) is 4.50. The smallest absolute Gasteiger partial charge is 0.309 e. The highest BCUT2D eigenvalue weighted by Crippen LogP contribution is 2.09. The third kappa shape index (κ3) is 3.16. The first kappa shape index (κ1) is 10.1. The van der Waals surface area contributed by atoms with Crippen LogP contribution in [0.4, 0.5) is 0 Å². The van der Waals surface area contributed by atoms with E-state index >= 15 is 0 Å². The number of hydrogen-bond donors (Lipinski definition) is 0. The Morgan fingerprint density at radius 2 is 2.09 bits per heavy atom. The van der Waals surface area contributed by atoms with Crippen LogP contribution in [0, 0.1) is 11.8 Å². The van der Waals surface area contributed by atoms with Gasteiger partial charge in [0.1, 0.15) is 6.29 Å². The molecule has 11 heavy (non-hydrogen) atoms. The maximum Gasteiger partial charge on any atom is 0.309 e. The molecule has 0 radical (unpaired) electrons. The van der Waals surface area contributed by atoms with Crippen molar-refractivity contribution in [1.29, 1.82) is 0 Å². The fourth-order valence-corrected chi connectivity index (χ4v) is 0.606. The fourth-order valence-electron chi connectivity index (χ4n) is 0.606. The van der Waals surface area contributed by atoms with Gasteiger partial charge < -0.3 is 9.53 Å². The molecule has 0 bridgehead atoms. The molecule has 2 atom stereocenters. The molecule has 64 valence electrons. The van der Waals surface area contributed by atoms with E-state index in [4.69, 9.17) is 4.74 Å². The molecule has 0 N–H and O–H groups in total. The van der Waals surface area contributed by atoms with Crippen molar-refractivity contribution in [2.75, 3.05) is 6.61 Å². The Labute approximate surface area is 66.7 Å². The van der Waals surface area contributed by atoms with E-state index in [-0.39, 0.29) is 17.8 Å². The molecule has 0 unspecified atom stereocenters. The lowest BCUT2D eigenvalue weighted by Crippen LogP contribution is -2.22. The summed E-state index contributed by atoms with van der Waals surface area (Å²) in [6.07, 6.45) is 0.765. The number of carbonyl (C=O) groups excluding carboxylic acids is 2. The molecule has 0 aromatic carbocycles. The van der Waals surface area contributed by atoms with Crippen LogP contribution in [0.2, 0.25) is 0 Å². The lowest BCUT2D eigenvalue weighted by Gasteiger charge is -2.11. The van der Waals surface area contributed by atoms with E-state index < -0.39 is 0 Å². The normalized spacial score (nSPS) is 15.2. The second-order valence-electron chi connectivity index (χ2n) is 2.54. The number of aldehydes is 1. The minimum absolute atomic E-state index is 0.256. The third-order valence-electron chi connectivity index (χ3n) is 1.66. The molecule has 0 saturated carbocycles. The van der Waals surface area contributed by atoms with Crippen LogP contribution in [0.3, 0.4) is 0 Å². The van der Waals surface area contributed by atoms with Crippen LogP contribution >= 0.6 is 0 Å². The first-order chi connectivity index (χ1) is 5.13. The summed E-state index contributed by atoms with van der Waals surface area (Å²) >= 11 is 0. The zero-order valence-electron chi connectivity index (χ0n) is 7.16. The summed E-state index contributed by atoms with van der Waals surface area (Å²) in [5.41, 5.74) is 0. The van der Waals surface area contributed by atoms with Gasteiger partial charge in [-0.1, -0.05) is 13.8 Å². The lowest BCUT2D eigenvalue weighted by molar-refractivity contribution is -0.150. The number of hydrogen-bond acceptors (Lipinski definition) is 3. The zero-order chi connectivity index (χ0) is 8.85. The van der Waals surface area contributed by atoms with E-state index in [0.29, 0.717) is 6.61 Å². The molecule has 0 aliphatic heterocycles. The summed E-state index contributed by atoms with van der Waals surface area (Å²) in [7, 11) is 0. The van der Waals surface area contributed by atoms with Crippen molar-refractivity contribution in [3.05, 3.63) is 0 Å². The Balaban J connectivity index is 3.90. The molecule has 0 amide bonds. The lowest BCUT2D eigenvalue weighted by atomic mass is 9.98. The SMILES string of the molecule is CCOC(=O)[C@H](C)[C@H](C)C=O. The highest BCUT2D eigenvalue weighted by Gasteiger charge is 2.20. The molecule has 0 aromatic heterocycles. The topological polar surface area (TPSA) is 43.4 Å². The minimum Gasteiger partial charge on any atom is -0.466 e. The van der Waals surface area contributed by atoms with E-state index in [2.05, 4.69) is 0 Å². The van der Waals surface area contributed by atoms with E-state index in [0.717, 1.165) is 6.29 Å². The van der Waals surface area contributed by atoms with Crippen molar-refractivity contribution in [1.82, 2.24) is 0 Å². The van der Waals surface area contributed by atoms with Gasteiger partial charge in [0.15, 0.2) is 0 Å². The Bertz CT molecular complexity index is 142. The molecule has 0 aliphatic carbocycles. The first-order valence-electron chi connectivity index (χ1n) is 3.75. The number of ether oxygens (including phenoxy) is 1. The highest BCUT2D eigenvalue weighted by atomic mass is 16.5. The monoisotopic (exact) mass is 158 g/mol. The quantitative estimate of drug-likeness (QED) is 0.453. The predicted molar refractivity (Wildman–Crippen MR) is 41.0 cm³/mol. The van der Waals surface area contributed by atoms with E-state index in [1.54, 1.807) is 20.8 Å². The second-order valence-corrected chi connectivity index (χ2v) is 2.54. The zero-order valence-corrected chi connectivity index (χ0v) is 7.16. The molecule has 0 aliphatic rings. The van der Waals surface area contributed by atoms with E-state index in [9.17, 15) is 9.59 Å². The van der Waals surface area contributed by atoms with Gasteiger partial charge in [0, 0.05) is 5.92 Å². The van der Waals surface area contributed by atoms with Gasteiger partial charge in [0.05, 0.1) is 12.5 Å². The Hall–Kier alpha value is -0.860. The van der Waals surface area contributed by atoms with Crippen molar-refractivity contribution in [2.45, 2.75) is 20.8 Å². The van der Waals surface area contributed by atoms with Gasteiger partial charge in [-0.3, -0.25) is 4.79 Å². The fraction of sp³-hybridized carbons (Fsp3) is 0.750. The van der Waals surface area contributed by atoms with Crippen LogP contribution < -0.4 is 0 Å². The molecule has 3 nitrogen and oxygen atoms in total. The third-order valence-corrected chi connectivity index (χ3v) is 1.66. The van der Waals surface area contributed by atoms with Gasteiger partial charge in [-0.05, 0) is 6.92 Å².